The van der Waals surface area contributed by atoms with Gasteiger partial charge in [0, 0.05) is 37.1 Å². The lowest BCUT2D eigenvalue weighted by molar-refractivity contribution is -0.141. The molecular weight excluding hydrogens is 371 g/mol. The highest BCUT2D eigenvalue weighted by Gasteiger charge is 2.34. The molecule has 2 heterocycles. The van der Waals surface area contributed by atoms with E-state index in [0.29, 0.717) is 17.7 Å². The third-order valence-electron chi connectivity index (χ3n) is 4.71. The molecule has 0 aromatic heterocycles. The molecule has 1 aromatic carbocycles. The lowest BCUT2D eigenvalue weighted by Gasteiger charge is -2.14. The molecule has 0 saturated heterocycles. The highest BCUT2D eigenvalue weighted by atomic mass is 32.2. The van der Waals surface area contributed by atoms with E-state index in [-0.39, 0.29) is 23.8 Å². The van der Waals surface area contributed by atoms with Crippen molar-refractivity contribution in [2.45, 2.75) is 30.7 Å². The van der Waals surface area contributed by atoms with E-state index in [0.717, 1.165) is 16.7 Å². The van der Waals surface area contributed by atoms with E-state index in [1.54, 1.807) is 24.4 Å². The summed E-state index contributed by atoms with van der Waals surface area (Å²) in [5.74, 6) is -0.642. The number of nitrogens with one attached hydrogen (secondary N) is 1. The zero-order valence-electron chi connectivity index (χ0n) is 14.5. The Kier molecular flexibility index (Phi) is 4.32. The van der Waals surface area contributed by atoms with E-state index in [1.807, 2.05) is 6.07 Å². The molecule has 27 heavy (non-hydrogen) atoms. The number of carbonyl (C=O) groups is 1. The van der Waals surface area contributed by atoms with Gasteiger partial charge in [-0.1, -0.05) is 6.07 Å². The Labute approximate surface area is 156 Å². The lowest BCUT2D eigenvalue weighted by Crippen LogP contribution is -2.21. The first-order valence-electron chi connectivity index (χ1n) is 8.49. The van der Waals surface area contributed by atoms with E-state index in [1.165, 1.54) is 13.0 Å². The van der Waals surface area contributed by atoms with Gasteiger partial charge in [-0.2, -0.15) is 0 Å². The van der Waals surface area contributed by atoms with Crippen LogP contribution < -0.4 is 4.72 Å². The Bertz CT molecular complexity index is 1070. The molecule has 1 aliphatic carbocycles. The molecule has 0 saturated carbocycles. The number of rotatable bonds is 4. The second kappa shape index (κ2) is 6.54. The van der Waals surface area contributed by atoms with Crippen LogP contribution in [0.5, 0.6) is 0 Å². The summed E-state index contributed by atoms with van der Waals surface area (Å²) in [5.41, 5.74) is 3.79. The van der Waals surface area contributed by atoms with Crippen LogP contribution in [0.2, 0.25) is 0 Å². The minimum Gasteiger partial charge on any atom is -0.466 e. The number of sulfonamides is 1. The third-order valence-corrected chi connectivity index (χ3v) is 6.26. The van der Waals surface area contributed by atoms with Gasteiger partial charge in [0.25, 0.3) is 0 Å². The van der Waals surface area contributed by atoms with Crippen LogP contribution in [-0.4, -0.2) is 26.7 Å². The molecule has 1 atom stereocenters. The number of ether oxygens (including phenoxy) is 1. The van der Waals surface area contributed by atoms with Crippen molar-refractivity contribution >= 4 is 27.3 Å². The fourth-order valence-corrected chi connectivity index (χ4v) is 4.97. The summed E-state index contributed by atoms with van der Waals surface area (Å²) in [6.45, 7) is 1.43. The topological polar surface area (TPSA) is 84.8 Å². The van der Waals surface area contributed by atoms with E-state index in [4.69, 9.17) is 4.74 Å². The number of esters is 1. The Morgan fingerprint density at radius 1 is 1.33 bits per heavy atom. The summed E-state index contributed by atoms with van der Waals surface area (Å²) in [6.07, 6.45) is 5.30. The second-order valence-corrected chi connectivity index (χ2v) is 8.23. The number of aliphatic imine (C=N–C) groups is 1. The first kappa shape index (κ1) is 17.8. The summed E-state index contributed by atoms with van der Waals surface area (Å²) in [7, 11) is -3.59. The van der Waals surface area contributed by atoms with Crippen LogP contribution in [0.1, 0.15) is 36.9 Å². The van der Waals surface area contributed by atoms with Crippen molar-refractivity contribution in [2.24, 2.45) is 4.99 Å². The molecular formula is C19H17FN2O4S. The summed E-state index contributed by atoms with van der Waals surface area (Å²) < 4.78 is 45.7. The normalized spacial score (nSPS) is 22.2. The zero-order valence-corrected chi connectivity index (χ0v) is 15.3. The Morgan fingerprint density at radius 3 is 2.93 bits per heavy atom. The minimum atomic E-state index is -3.59. The van der Waals surface area contributed by atoms with Gasteiger partial charge in [-0.15, -0.1) is 0 Å². The quantitative estimate of drug-likeness (QED) is 0.804. The van der Waals surface area contributed by atoms with Gasteiger partial charge in [0.1, 0.15) is 5.83 Å². The maximum absolute atomic E-state index is 13.4. The third kappa shape index (κ3) is 3.26. The summed E-state index contributed by atoms with van der Waals surface area (Å²) >= 11 is 0. The number of hydrogen-bond acceptors (Lipinski definition) is 5. The van der Waals surface area contributed by atoms with Gasteiger partial charge in [-0.25, -0.2) is 17.5 Å². The predicted molar refractivity (Wildman–Crippen MR) is 98.1 cm³/mol. The number of benzene rings is 1. The van der Waals surface area contributed by atoms with Gasteiger partial charge < -0.3 is 4.74 Å². The van der Waals surface area contributed by atoms with E-state index in [9.17, 15) is 17.6 Å². The Morgan fingerprint density at radius 2 is 2.15 bits per heavy atom. The smallest absolute Gasteiger partial charge is 0.302 e. The van der Waals surface area contributed by atoms with Crippen molar-refractivity contribution in [3.8, 4) is 0 Å². The van der Waals surface area contributed by atoms with Gasteiger partial charge in [0.15, 0.2) is 0 Å². The van der Waals surface area contributed by atoms with Crippen LogP contribution in [0.4, 0.5) is 4.39 Å². The first-order valence-corrected chi connectivity index (χ1v) is 9.97. The van der Waals surface area contributed by atoms with Crippen molar-refractivity contribution in [3.05, 3.63) is 59.1 Å². The molecule has 1 N–H and O–H groups in total. The zero-order chi connectivity index (χ0) is 19.2. The molecule has 4 rings (SSSR count). The molecule has 0 spiro atoms. The Hall–Kier alpha value is -2.58. The summed E-state index contributed by atoms with van der Waals surface area (Å²) in [4.78, 5) is 15.5. The average molecular weight is 388 g/mol. The first-order chi connectivity index (χ1) is 12.8. The van der Waals surface area contributed by atoms with Crippen LogP contribution >= 0.6 is 0 Å². The van der Waals surface area contributed by atoms with Crippen molar-refractivity contribution < 1.29 is 22.3 Å². The van der Waals surface area contributed by atoms with E-state index in [2.05, 4.69) is 9.71 Å². The molecule has 140 valence electrons. The average Bonchev–Trinajstić information content (AvgIpc) is 3.13. The van der Waals surface area contributed by atoms with Crippen molar-refractivity contribution in [1.29, 1.82) is 0 Å². The van der Waals surface area contributed by atoms with Crippen LogP contribution in [-0.2, 0) is 19.6 Å². The molecule has 0 fully saturated rings. The van der Waals surface area contributed by atoms with E-state index < -0.39 is 22.0 Å². The molecule has 3 aliphatic rings. The fraction of sp³-hybridized carbons (Fsp3) is 0.263. The number of carbonyl (C=O) groups excluding carboxylic acids is 1. The van der Waals surface area contributed by atoms with Gasteiger partial charge in [-0.3, -0.25) is 9.79 Å². The highest BCUT2D eigenvalue weighted by Crippen LogP contribution is 2.39. The van der Waals surface area contributed by atoms with Crippen molar-refractivity contribution in [3.63, 3.8) is 0 Å². The molecule has 6 nitrogen and oxygen atoms in total. The van der Waals surface area contributed by atoms with Crippen LogP contribution in [0.25, 0.3) is 5.57 Å². The minimum absolute atomic E-state index is 0.122. The second-order valence-electron chi connectivity index (χ2n) is 6.54. The fourth-order valence-electron chi connectivity index (χ4n) is 3.47. The predicted octanol–water partition coefficient (Wildman–Crippen LogP) is 2.95. The SMILES string of the molecule is CC(=O)OCCC1NS(=O)(=O)c2ccc(C3=CN=C4CC(F)=CC=C34)cc21. The number of hydrogen-bond donors (Lipinski definition) is 1. The maximum Gasteiger partial charge on any atom is 0.302 e. The Balaban J connectivity index is 1.66. The number of fused-ring (bicyclic) bond motifs is 2. The van der Waals surface area contributed by atoms with E-state index >= 15 is 0 Å². The van der Waals surface area contributed by atoms with Crippen molar-refractivity contribution in [2.75, 3.05) is 6.61 Å². The number of nitrogens with zero attached hydrogens (tertiary/aromatic N) is 1. The van der Waals surface area contributed by atoms with Gasteiger partial charge >= 0.3 is 5.97 Å². The summed E-state index contributed by atoms with van der Waals surface area (Å²) in [5, 5.41) is 0. The largest absolute Gasteiger partial charge is 0.466 e. The number of allylic oxidation sites excluding steroid dienone is 5. The van der Waals surface area contributed by atoms with Gasteiger partial charge in [-0.05, 0) is 35.4 Å². The molecule has 1 aromatic rings. The van der Waals surface area contributed by atoms with Crippen LogP contribution in [0.15, 0.2) is 57.8 Å². The molecule has 2 aliphatic heterocycles. The monoisotopic (exact) mass is 388 g/mol. The van der Waals surface area contributed by atoms with Gasteiger partial charge in [0.05, 0.1) is 23.3 Å². The molecule has 0 radical (unpaired) electrons. The number of halogens is 1. The molecule has 1 unspecified atom stereocenters. The molecule has 0 bridgehead atoms. The summed E-state index contributed by atoms with van der Waals surface area (Å²) in [6, 6.07) is 4.64. The molecule has 0 amide bonds. The van der Waals surface area contributed by atoms with Gasteiger partial charge in [0.2, 0.25) is 10.0 Å². The van der Waals surface area contributed by atoms with Crippen LogP contribution in [0.3, 0.4) is 0 Å². The highest BCUT2D eigenvalue weighted by molar-refractivity contribution is 7.89. The van der Waals surface area contributed by atoms with Crippen LogP contribution in [0, 0.1) is 0 Å². The maximum atomic E-state index is 13.4. The lowest BCUT2D eigenvalue weighted by atomic mass is 9.91. The molecule has 8 heteroatoms. The van der Waals surface area contributed by atoms with Crippen molar-refractivity contribution in [1.82, 2.24) is 4.72 Å². The standard InChI is InChI=1S/C19H17FN2O4S/c1-11(23)26-7-6-17-15-8-12(2-5-19(15)27(24,25)22-17)16-10-21-18-9-13(20)3-4-14(16)18/h2-5,8,10,17,22H,6-7,9H2,1H3.